The first-order chi connectivity index (χ1) is 9.72. The number of nitrogens with zero attached hydrogens (tertiary/aromatic N) is 1. The Morgan fingerprint density at radius 2 is 2.05 bits per heavy atom. The predicted octanol–water partition coefficient (Wildman–Crippen LogP) is 1.16. The van der Waals surface area contributed by atoms with Crippen molar-refractivity contribution in [3.63, 3.8) is 0 Å². The van der Waals surface area contributed by atoms with Gasteiger partial charge in [-0.2, -0.15) is 5.10 Å². The standard InChI is InChI=1S/C14H16N4O2.ClH/c19-11-7-13(15-8-11)14(20)17-10-3-1-9(2-4-10)12-5-6-16-18-12;/h1-6,11,13,15,19H,7-8H2,(H,16,18)(H,17,20);1H. The third-order valence-electron chi connectivity index (χ3n) is 3.39. The van der Waals surface area contributed by atoms with Crippen LogP contribution in [0, 0.1) is 0 Å². The monoisotopic (exact) mass is 308 g/mol. The molecule has 112 valence electrons. The van der Waals surface area contributed by atoms with Crippen molar-refractivity contribution >= 4 is 24.0 Å². The second-order valence-corrected chi connectivity index (χ2v) is 4.89. The first kappa shape index (κ1) is 15.5. The number of hydrogen-bond donors (Lipinski definition) is 4. The molecule has 3 rings (SSSR count). The fourth-order valence-electron chi connectivity index (χ4n) is 2.30. The number of aromatic nitrogens is 2. The van der Waals surface area contributed by atoms with Gasteiger partial charge in [-0.3, -0.25) is 9.89 Å². The molecule has 1 aromatic carbocycles. The minimum Gasteiger partial charge on any atom is -0.392 e. The molecule has 2 heterocycles. The highest BCUT2D eigenvalue weighted by Gasteiger charge is 2.27. The number of aromatic amines is 1. The summed E-state index contributed by atoms with van der Waals surface area (Å²) in [6.07, 6.45) is 1.72. The van der Waals surface area contributed by atoms with E-state index in [2.05, 4.69) is 20.8 Å². The zero-order chi connectivity index (χ0) is 13.9. The van der Waals surface area contributed by atoms with Crippen LogP contribution in [-0.2, 0) is 4.79 Å². The van der Waals surface area contributed by atoms with E-state index in [4.69, 9.17) is 0 Å². The summed E-state index contributed by atoms with van der Waals surface area (Å²) in [6.45, 7) is 0.469. The lowest BCUT2D eigenvalue weighted by Crippen LogP contribution is -2.35. The van der Waals surface area contributed by atoms with E-state index >= 15 is 0 Å². The summed E-state index contributed by atoms with van der Waals surface area (Å²) in [4.78, 5) is 12.0. The Kier molecular flexibility index (Phi) is 4.95. The van der Waals surface area contributed by atoms with E-state index in [9.17, 15) is 9.90 Å². The largest absolute Gasteiger partial charge is 0.392 e. The molecule has 6 nitrogen and oxygen atoms in total. The molecule has 4 N–H and O–H groups in total. The van der Waals surface area contributed by atoms with E-state index in [1.165, 1.54) is 0 Å². The molecule has 0 aliphatic carbocycles. The number of aliphatic hydroxyl groups is 1. The van der Waals surface area contributed by atoms with Crippen LogP contribution < -0.4 is 10.6 Å². The van der Waals surface area contributed by atoms with E-state index in [-0.39, 0.29) is 24.4 Å². The van der Waals surface area contributed by atoms with Crippen LogP contribution >= 0.6 is 12.4 Å². The highest BCUT2D eigenvalue weighted by atomic mass is 35.5. The maximum Gasteiger partial charge on any atom is 0.241 e. The smallest absolute Gasteiger partial charge is 0.241 e. The van der Waals surface area contributed by atoms with Gasteiger partial charge in [0.05, 0.1) is 17.8 Å². The summed E-state index contributed by atoms with van der Waals surface area (Å²) in [5.41, 5.74) is 2.68. The molecule has 1 amide bonds. The van der Waals surface area contributed by atoms with Crippen molar-refractivity contribution in [2.45, 2.75) is 18.6 Å². The van der Waals surface area contributed by atoms with Crippen molar-refractivity contribution in [1.82, 2.24) is 15.5 Å². The maximum absolute atomic E-state index is 12.0. The molecule has 1 aromatic heterocycles. The Morgan fingerprint density at radius 3 is 2.62 bits per heavy atom. The third-order valence-corrected chi connectivity index (χ3v) is 3.39. The number of anilines is 1. The Hall–Kier alpha value is -1.89. The van der Waals surface area contributed by atoms with Gasteiger partial charge in [0.15, 0.2) is 0 Å². The first-order valence-electron chi connectivity index (χ1n) is 6.54. The number of nitrogens with one attached hydrogen (secondary N) is 3. The number of amides is 1. The van der Waals surface area contributed by atoms with E-state index in [0.29, 0.717) is 13.0 Å². The van der Waals surface area contributed by atoms with Gasteiger partial charge in [-0.1, -0.05) is 12.1 Å². The topological polar surface area (TPSA) is 90.0 Å². The van der Waals surface area contributed by atoms with Crippen LogP contribution in [-0.4, -0.2) is 39.9 Å². The molecule has 1 fully saturated rings. The zero-order valence-electron chi connectivity index (χ0n) is 11.2. The van der Waals surface area contributed by atoms with Gasteiger partial charge in [-0.15, -0.1) is 12.4 Å². The van der Waals surface area contributed by atoms with Crippen molar-refractivity contribution in [1.29, 1.82) is 0 Å². The molecule has 2 unspecified atom stereocenters. The molecule has 2 aromatic rings. The first-order valence-corrected chi connectivity index (χ1v) is 6.54. The fourth-order valence-corrected chi connectivity index (χ4v) is 2.30. The highest BCUT2D eigenvalue weighted by molar-refractivity contribution is 5.95. The minimum absolute atomic E-state index is 0. The number of aliphatic hydroxyl groups excluding tert-OH is 1. The van der Waals surface area contributed by atoms with Crippen molar-refractivity contribution < 1.29 is 9.90 Å². The molecule has 1 saturated heterocycles. The number of β-amino-alcohol motifs (C(OH)–C–C–N with tert-alkyl or cyclic N) is 1. The van der Waals surface area contributed by atoms with Crippen LogP contribution in [0.15, 0.2) is 36.5 Å². The van der Waals surface area contributed by atoms with Gasteiger partial charge in [-0.05, 0) is 30.2 Å². The van der Waals surface area contributed by atoms with Crippen LogP contribution in [0.1, 0.15) is 6.42 Å². The predicted molar refractivity (Wildman–Crippen MR) is 82.3 cm³/mol. The number of H-pyrrole nitrogens is 1. The molecule has 0 spiro atoms. The van der Waals surface area contributed by atoms with Gasteiger partial charge in [0.2, 0.25) is 5.91 Å². The van der Waals surface area contributed by atoms with E-state index in [1.807, 2.05) is 30.3 Å². The Labute approximate surface area is 128 Å². The molecular weight excluding hydrogens is 292 g/mol. The van der Waals surface area contributed by atoms with Crippen molar-refractivity contribution in [3.05, 3.63) is 36.5 Å². The Bertz CT molecular complexity index is 586. The van der Waals surface area contributed by atoms with E-state index in [0.717, 1.165) is 16.9 Å². The molecule has 2 atom stereocenters. The third kappa shape index (κ3) is 3.60. The number of carbonyl (C=O) groups excluding carboxylic acids is 1. The molecule has 1 aliphatic rings. The van der Waals surface area contributed by atoms with Crippen LogP contribution in [0.4, 0.5) is 5.69 Å². The number of rotatable bonds is 3. The van der Waals surface area contributed by atoms with Crippen molar-refractivity contribution in [2.75, 3.05) is 11.9 Å². The van der Waals surface area contributed by atoms with Gasteiger partial charge in [0, 0.05) is 18.4 Å². The summed E-state index contributed by atoms with van der Waals surface area (Å²) in [5, 5.41) is 22.0. The normalized spacial score (nSPS) is 20.8. The molecule has 7 heteroatoms. The quantitative estimate of drug-likeness (QED) is 0.685. The lowest BCUT2D eigenvalue weighted by molar-refractivity contribution is -0.117. The number of carbonyl (C=O) groups is 1. The van der Waals surface area contributed by atoms with E-state index < -0.39 is 6.10 Å². The fraction of sp³-hybridized carbons (Fsp3) is 0.286. The summed E-state index contributed by atoms with van der Waals surface area (Å²) < 4.78 is 0. The van der Waals surface area contributed by atoms with Crippen LogP contribution in [0.3, 0.4) is 0 Å². The zero-order valence-corrected chi connectivity index (χ0v) is 12.1. The van der Waals surface area contributed by atoms with E-state index in [1.54, 1.807) is 6.20 Å². The number of benzene rings is 1. The molecule has 0 bridgehead atoms. The molecular formula is C14H17ClN4O2. The van der Waals surface area contributed by atoms with Gasteiger partial charge in [0.25, 0.3) is 0 Å². The number of halogens is 1. The van der Waals surface area contributed by atoms with Crippen LogP contribution in [0.5, 0.6) is 0 Å². The molecule has 21 heavy (non-hydrogen) atoms. The molecule has 1 aliphatic heterocycles. The molecule has 0 radical (unpaired) electrons. The highest BCUT2D eigenvalue weighted by Crippen LogP contribution is 2.19. The van der Waals surface area contributed by atoms with Gasteiger partial charge < -0.3 is 15.7 Å². The summed E-state index contributed by atoms with van der Waals surface area (Å²) in [5.74, 6) is -0.115. The van der Waals surface area contributed by atoms with Crippen molar-refractivity contribution in [2.24, 2.45) is 0 Å². The van der Waals surface area contributed by atoms with Gasteiger partial charge in [-0.25, -0.2) is 0 Å². The van der Waals surface area contributed by atoms with Crippen LogP contribution in [0.25, 0.3) is 11.3 Å². The number of hydrogen-bond acceptors (Lipinski definition) is 4. The SMILES string of the molecule is Cl.O=C(Nc1ccc(-c2ccn[nH]2)cc1)C1CC(O)CN1. The lowest BCUT2D eigenvalue weighted by atomic mass is 10.1. The maximum atomic E-state index is 12.0. The van der Waals surface area contributed by atoms with Gasteiger partial charge in [0.1, 0.15) is 0 Å². The minimum atomic E-state index is -0.437. The van der Waals surface area contributed by atoms with Crippen molar-refractivity contribution in [3.8, 4) is 11.3 Å². The second kappa shape index (κ2) is 6.71. The summed E-state index contributed by atoms with van der Waals surface area (Å²) in [6, 6.07) is 9.09. The van der Waals surface area contributed by atoms with Crippen LogP contribution in [0.2, 0.25) is 0 Å². The Morgan fingerprint density at radius 1 is 1.29 bits per heavy atom. The lowest BCUT2D eigenvalue weighted by Gasteiger charge is -2.11. The average Bonchev–Trinajstić information content (AvgIpc) is 3.10. The average molecular weight is 309 g/mol. The summed E-state index contributed by atoms with van der Waals surface area (Å²) in [7, 11) is 0. The Balaban J connectivity index is 0.00000161. The summed E-state index contributed by atoms with van der Waals surface area (Å²) >= 11 is 0. The molecule has 0 saturated carbocycles. The second-order valence-electron chi connectivity index (χ2n) is 4.89. The van der Waals surface area contributed by atoms with Gasteiger partial charge >= 0.3 is 0 Å².